The van der Waals surface area contributed by atoms with Crippen molar-refractivity contribution in [1.29, 1.82) is 0 Å². The highest BCUT2D eigenvalue weighted by Gasteiger charge is 2.21. The molecule has 4 aromatic heterocycles. The van der Waals surface area contributed by atoms with Crippen LogP contribution in [0, 0.1) is 0 Å². The van der Waals surface area contributed by atoms with E-state index in [-0.39, 0.29) is 0 Å². The van der Waals surface area contributed by atoms with Crippen LogP contribution in [0.1, 0.15) is 0 Å². The van der Waals surface area contributed by atoms with Gasteiger partial charge in [-0.3, -0.25) is 0 Å². The lowest BCUT2D eigenvalue weighted by molar-refractivity contribution is 0.669. The summed E-state index contributed by atoms with van der Waals surface area (Å²) in [4.78, 5) is 15.6. The molecule has 6 heteroatoms. The maximum atomic E-state index is 6.62. The van der Waals surface area contributed by atoms with Crippen molar-refractivity contribution in [2.45, 2.75) is 0 Å². The highest BCUT2D eigenvalue weighted by Crippen LogP contribution is 2.43. The van der Waals surface area contributed by atoms with Gasteiger partial charge in [0, 0.05) is 64.1 Å². The van der Waals surface area contributed by atoms with Gasteiger partial charge in [-0.15, -0.1) is 11.3 Å². The number of hydrogen-bond acceptors (Lipinski definition) is 5. The van der Waals surface area contributed by atoms with Gasteiger partial charge < -0.3 is 8.98 Å². The zero-order valence-electron chi connectivity index (χ0n) is 33.7. The third-order valence-corrected chi connectivity index (χ3v) is 13.4. The summed E-state index contributed by atoms with van der Waals surface area (Å²) in [6.07, 6.45) is 0. The fourth-order valence-corrected chi connectivity index (χ4v) is 10.4. The standard InChI is InChI=1S/C57H34N4OS/c1-3-12-35(13-4-1)37-22-26-39(27-23-37)55-58-56(40-28-24-38(25-29-40)36-14-5-2-6-15-36)60-57(59-55)44-18-11-20-51-54(44)47-32-41(30-31-50(47)62-51)61-48-19-9-7-16-42(48)45-34-53-46(33-49(45)61)43-17-8-10-21-52(43)63-53/h1-34H. The van der Waals surface area contributed by atoms with Crippen LogP contribution in [0.3, 0.4) is 0 Å². The van der Waals surface area contributed by atoms with Crippen LogP contribution in [0.2, 0.25) is 0 Å². The molecule has 0 aliphatic rings. The Kier molecular flexibility index (Phi) is 8.01. The smallest absolute Gasteiger partial charge is 0.164 e. The number of benzene rings is 9. The molecular formula is C57H34N4OS. The Balaban J connectivity index is 1.00. The first-order chi connectivity index (χ1) is 31.2. The lowest BCUT2D eigenvalue weighted by Crippen LogP contribution is -2.00. The molecule has 0 bridgehead atoms. The average Bonchev–Trinajstić information content (AvgIpc) is 4.02. The lowest BCUT2D eigenvalue weighted by Gasteiger charge is -2.11. The van der Waals surface area contributed by atoms with Crippen LogP contribution < -0.4 is 0 Å². The summed E-state index contributed by atoms with van der Waals surface area (Å²) in [7, 11) is 0. The number of hydrogen-bond donors (Lipinski definition) is 0. The number of furan rings is 1. The molecule has 0 saturated carbocycles. The molecular weight excluding hydrogens is 789 g/mol. The molecule has 4 heterocycles. The molecule has 0 radical (unpaired) electrons. The quantitative estimate of drug-likeness (QED) is 0.168. The molecule has 0 N–H and O–H groups in total. The van der Waals surface area contributed by atoms with Crippen LogP contribution in [0.25, 0.3) is 126 Å². The molecule has 0 spiro atoms. The largest absolute Gasteiger partial charge is 0.456 e. The van der Waals surface area contributed by atoms with E-state index in [1.807, 2.05) is 35.6 Å². The number of aromatic nitrogens is 4. The second-order valence-corrected chi connectivity index (χ2v) is 17.1. The van der Waals surface area contributed by atoms with E-state index < -0.39 is 0 Å². The second kappa shape index (κ2) is 14.2. The van der Waals surface area contributed by atoms with Crippen LogP contribution in [-0.4, -0.2) is 19.5 Å². The van der Waals surface area contributed by atoms with Gasteiger partial charge in [0.15, 0.2) is 17.5 Å². The molecule has 0 unspecified atom stereocenters. The molecule has 5 nitrogen and oxygen atoms in total. The Morgan fingerprint density at radius 1 is 0.349 bits per heavy atom. The van der Waals surface area contributed by atoms with Crippen molar-refractivity contribution < 1.29 is 4.42 Å². The number of para-hydroxylation sites is 1. The average molecular weight is 823 g/mol. The monoisotopic (exact) mass is 822 g/mol. The molecule has 0 fully saturated rings. The van der Waals surface area contributed by atoms with Gasteiger partial charge in [-0.2, -0.15) is 0 Å². The summed E-state index contributed by atoms with van der Waals surface area (Å²) < 4.78 is 11.6. The first kappa shape index (κ1) is 35.6. The first-order valence-corrected chi connectivity index (χ1v) is 21.9. The summed E-state index contributed by atoms with van der Waals surface area (Å²) in [5.74, 6) is 1.78. The minimum Gasteiger partial charge on any atom is -0.456 e. The third-order valence-electron chi connectivity index (χ3n) is 12.3. The van der Waals surface area contributed by atoms with Crippen molar-refractivity contribution in [1.82, 2.24) is 19.5 Å². The number of rotatable bonds is 6. The van der Waals surface area contributed by atoms with Gasteiger partial charge >= 0.3 is 0 Å². The van der Waals surface area contributed by atoms with E-state index in [0.717, 1.165) is 72.1 Å². The van der Waals surface area contributed by atoms with Crippen LogP contribution >= 0.6 is 11.3 Å². The van der Waals surface area contributed by atoms with Gasteiger partial charge in [0.05, 0.1) is 11.0 Å². The van der Waals surface area contributed by atoms with Gasteiger partial charge in [-0.1, -0.05) is 158 Å². The van der Waals surface area contributed by atoms with Crippen molar-refractivity contribution in [3.05, 3.63) is 206 Å². The molecule has 0 aliphatic heterocycles. The van der Waals surface area contributed by atoms with Crippen molar-refractivity contribution in [3.8, 4) is 62.1 Å². The van der Waals surface area contributed by atoms with Gasteiger partial charge in [-0.05, 0) is 70.8 Å². The van der Waals surface area contributed by atoms with Gasteiger partial charge in [0.1, 0.15) is 11.2 Å². The topological polar surface area (TPSA) is 56.7 Å². The van der Waals surface area contributed by atoms with E-state index in [4.69, 9.17) is 19.4 Å². The predicted molar refractivity (Wildman–Crippen MR) is 262 cm³/mol. The molecule has 13 aromatic rings. The van der Waals surface area contributed by atoms with E-state index in [9.17, 15) is 0 Å². The Hall–Kier alpha value is -8.19. The van der Waals surface area contributed by atoms with Crippen LogP contribution in [0.15, 0.2) is 211 Å². The fourth-order valence-electron chi connectivity index (χ4n) is 9.24. The molecule has 0 saturated heterocycles. The van der Waals surface area contributed by atoms with Crippen molar-refractivity contribution in [2.24, 2.45) is 0 Å². The Labute approximate surface area is 365 Å². The van der Waals surface area contributed by atoms with E-state index in [1.54, 1.807) is 0 Å². The summed E-state index contributed by atoms with van der Waals surface area (Å²) in [5, 5.41) is 6.98. The summed E-state index contributed by atoms with van der Waals surface area (Å²) >= 11 is 1.85. The zero-order valence-corrected chi connectivity index (χ0v) is 34.6. The molecule has 0 aliphatic carbocycles. The second-order valence-electron chi connectivity index (χ2n) is 16.0. The molecule has 294 valence electrons. The minimum absolute atomic E-state index is 0.580. The highest BCUT2D eigenvalue weighted by molar-refractivity contribution is 7.25. The normalized spacial score (nSPS) is 11.8. The molecule has 0 amide bonds. The van der Waals surface area contributed by atoms with E-state index >= 15 is 0 Å². The predicted octanol–water partition coefficient (Wildman–Crippen LogP) is 15.6. The number of thiophene rings is 1. The summed E-state index contributed by atoms with van der Waals surface area (Å²) in [6, 6.07) is 72.6. The van der Waals surface area contributed by atoms with E-state index in [2.05, 4.69) is 187 Å². The summed E-state index contributed by atoms with van der Waals surface area (Å²) in [5.41, 5.74) is 12.2. The lowest BCUT2D eigenvalue weighted by atomic mass is 10.0. The van der Waals surface area contributed by atoms with Crippen molar-refractivity contribution in [2.75, 3.05) is 0 Å². The fraction of sp³-hybridized carbons (Fsp3) is 0. The zero-order chi connectivity index (χ0) is 41.4. The van der Waals surface area contributed by atoms with Gasteiger partial charge in [0.25, 0.3) is 0 Å². The Morgan fingerprint density at radius 2 is 0.937 bits per heavy atom. The first-order valence-electron chi connectivity index (χ1n) is 21.1. The van der Waals surface area contributed by atoms with E-state index in [0.29, 0.717) is 17.5 Å². The molecule has 0 atom stereocenters. The molecule has 63 heavy (non-hydrogen) atoms. The highest BCUT2D eigenvalue weighted by atomic mass is 32.1. The molecule has 9 aromatic carbocycles. The van der Waals surface area contributed by atoms with Gasteiger partial charge in [-0.25, -0.2) is 15.0 Å². The Bertz CT molecular complexity index is 3790. The van der Waals surface area contributed by atoms with Crippen molar-refractivity contribution in [3.63, 3.8) is 0 Å². The maximum absolute atomic E-state index is 6.62. The maximum Gasteiger partial charge on any atom is 0.164 e. The Morgan fingerprint density at radius 3 is 1.63 bits per heavy atom. The molecule has 13 rings (SSSR count). The van der Waals surface area contributed by atoms with Gasteiger partial charge in [0.2, 0.25) is 0 Å². The van der Waals surface area contributed by atoms with E-state index in [1.165, 1.54) is 36.5 Å². The SMILES string of the molecule is c1ccc(-c2ccc(-c3nc(-c4ccc(-c5ccccc5)cc4)nc(-c4cccc5oc6ccc(-n7c8ccccc8c8cc9sc%10ccccc%10c9cc87)cc6c45)n3)cc2)cc1. The van der Waals surface area contributed by atoms with Crippen LogP contribution in [0.5, 0.6) is 0 Å². The third kappa shape index (κ3) is 5.87. The van der Waals surface area contributed by atoms with Crippen LogP contribution in [0.4, 0.5) is 0 Å². The number of fused-ring (bicyclic) bond motifs is 9. The minimum atomic E-state index is 0.580. The summed E-state index contributed by atoms with van der Waals surface area (Å²) in [6.45, 7) is 0. The van der Waals surface area contributed by atoms with Crippen molar-refractivity contribution >= 4 is 75.3 Å². The van der Waals surface area contributed by atoms with Crippen LogP contribution in [-0.2, 0) is 0 Å². The number of nitrogens with zero attached hydrogens (tertiary/aromatic N) is 4.